The van der Waals surface area contributed by atoms with Crippen molar-refractivity contribution in [3.63, 3.8) is 0 Å². The minimum Gasteiger partial charge on any atom is -0.481 e. The van der Waals surface area contributed by atoms with Crippen molar-refractivity contribution >= 4 is 12.0 Å². The Morgan fingerprint density at radius 3 is 2.55 bits per heavy atom. The average molecular weight is 282 g/mol. The van der Waals surface area contributed by atoms with E-state index in [1.165, 1.54) is 0 Å². The van der Waals surface area contributed by atoms with E-state index >= 15 is 0 Å². The van der Waals surface area contributed by atoms with Crippen molar-refractivity contribution in [2.75, 3.05) is 6.54 Å². The summed E-state index contributed by atoms with van der Waals surface area (Å²) in [5.41, 5.74) is 0.161. The maximum absolute atomic E-state index is 12.0. The normalized spacial score (nSPS) is 32.0. The first-order chi connectivity index (χ1) is 9.40. The molecule has 114 valence electrons. The van der Waals surface area contributed by atoms with E-state index in [9.17, 15) is 9.59 Å². The monoisotopic (exact) mass is 282 g/mol. The van der Waals surface area contributed by atoms with Gasteiger partial charge in [-0.25, -0.2) is 4.79 Å². The van der Waals surface area contributed by atoms with Crippen molar-refractivity contribution in [2.24, 2.45) is 17.3 Å². The number of amides is 2. The van der Waals surface area contributed by atoms with Crippen LogP contribution in [0.15, 0.2) is 0 Å². The van der Waals surface area contributed by atoms with E-state index in [0.717, 1.165) is 38.5 Å². The Hall–Kier alpha value is -1.26. The van der Waals surface area contributed by atoms with E-state index in [2.05, 4.69) is 24.5 Å². The number of carboxylic acid groups (broad SMARTS) is 1. The summed E-state index contributed by atoms with van der Waals surface area (Å²) in [6.07, 6.45) is 5.90. The van der Waals surface area contributed by atoms with Gasteiger partial charge in [0.15, 0.2) is 0 Å². The lowest BCUT2D eigenvalue weighted by atomic mass is 9.87. The fraction of sp³-hybridized carbons (Fsp3) is 0.867. The molecule has 2 saturated carbocycles. The molecule has 2 aliphatic carbocycles. The lowest BCUT2D eigenvalue weighted by molar-refractivity contribution is -0.142. The van der Waals surface area contributed by atoms with E-state index in [1.807, 2.05) is 0 Å². The second-order valence-corrected chi connectivity index (χ2v) is 6.92. The summed E-state index contributed by atoms with van der Waals surface area (Å²) < 4.78 is 0. The van der Waals surface area contributed by atoms with Crippen LogP contribution in [0.25, 0.3) is 0 Å². The highest BCUT2D eigenvalue weighted by molar-refractivity contribution is 5.75. The second-order valence-electron chi connectivity index (χ2n) is 6.92. The largest absolute Gasteiger partial charge is 0.481 e. The molecule has 0 aliphatic heterocycles. The number of carboxylic acids is 1. The fourth-order valence-corrected chi connectivity index (χ4v) is 3.63. The molecule has 3 atom stereocenters. The average Bonchev–Trinajstić information content (AvgIpc) is 2.94. The first kappa shape index (κ1) is 15.1. The summed E-state index contributed by atoms with van der Waals surface area (Å²) in [7, 11) is 0. The number of aliphatic carboxylic acids is 1. The summed E-state index contributed by atoms with van der Waals surface area (Å²) in [4.78, 5) is 23.0. The Morgan fingerprint density at radius 2 is 1.95 bits per heavy atom. The van der Waals surface area contributed by atoms with Gasteiger partial charge < -0.3 is 15.7 Å². The van der Waals surface area contributed by atoms with Crippen LogP contribution in [0.5, 0.6) is 0 Å². The van der Waals surface area contributed by atoms with Gasteiger partial charge in [0.05, 0.1) is 5.92 Å². The number of rotatable bonds is 4. The van der Waals surface area contributed by atoms with E-state index in [0.29, 0.717) is 6.54 Å². The highest BCUT2D eigenvalue weighted by Gasteiger charge is 2.36. The SMILES string of the molecule is CC1(C)CCCC1NC(=O)NCC1CCCC1C(=O)O. The van der Waals surface area contributed by atoms with Crippen LogP contribution in [-0.2, 0) is 4.79 Å². The minimum absolute atomic E-state index is 0.0786. The third kappa shape index (κ3) is 3.44. The van der Waals surface area contributed by atoms with Gasteiger partial charge in [-0.3, -0.25) is 4.79 Å². The Bertz CT molecular complexity index is 381. The predicted molar refractivity (Wildman–Crippen MR) is 76.4 cm³/mol. The summed E-state index contributed by atoms with van der Waals surface area (Å²) in [5, 5.41) is 15.0. The lowest BCUT2D eigenvalue weighted by Gasteiger charge is -2.28. The van der Waals surface area contributed by atoms with Gasteiger partial charge in [-0.1, -0.05) is 26.7 Å². The van der Waals surface area contributed by atoms with E-state index < -0.39 is 5.97 Å². The number of carbonyl (C=O) groups is 2. The molecule has 0 radical (unpaired) electrons. The third-order valence-electron chi connectivity index (χ3n) is 5.06. The van der Waals surface area contributed by atoms with Crippen molar-refractivity contribution in [1.29, 1.82) is 0 Å². The summed E-state index contributed by atoms with van der Waals surface area (Å²) >= 11 is 0. The van der Waals surface area contributed by atoms with E-state index in [1.54, 1.807) is 0 Å². The maximum Gasteiger partial charge on any atom is 0.315 e. The Balaban J connectivity index is 1.76. The molecule has 0 saturated heterocycles. The molecule has 0 aromatic carbocycles. The van der Waals surface area contributed by atoms with Crippen molar-refractivity contribution < 1.29 is 14.7 Å². The van der Waals surface area contributed by atoms with Crippen LogP contribution in [0, 0.1) is 17.3 Å². The third-order valence-corrected chi connectivity index (χ3v) is 5.06. The Kier molecular flexibility index (Phi) is 4.55. The topological polar surface area (TPSA) is 78.4 Å². The van der Waals surface area contributed by atoms with Gasteiger partial charge >= 0.3 is 12.0 Å². The summed E-state index contributed by atoms with van der Waals surface area (Å²) in [6.45, 7) is 4.83. The molecule has 0 aromatic heterocycles. The zero-order valence-electron chi connectivity index (χ0n) is 12.4. The first-order valence-electron chi connectivity index (χ1n) is 7.67. The van der Waals surface area contributed by atoms with Crippen molar-refractivity contribution in [3.8, 4) is 0 Å². The predicted octanol–water partition coefficient (Wildman–Crippen LogP) is 2.37. The van der Waals surface area contributed by atoms with E-state index in [-0.39, 0.29) is 29.3 Å². The van der Waals surface area contributed by atoms with Gasteiger partial charge in [0, 0.05) is 12.6 Å². The molecule has 0 spiro atoms. The zero-order valence-corrected chi connectivity index (χ0v) is 12.4. The highest BCUT2D eigenvalue weighted by atomic mass is 16.4. The minimum atomic E-state index is -0.730. The van der Waals surface area contributed by atoms with Crippen LogP contribution in [-0.4, -0.2) is 29.7 Å². The number of urea groups is 1. The van der Waals surface area contributed by atoms with Gasteiger partial charge in [0.2, 0.25) is 0 Å². The second kappa shape index (κ2) is 6.02. The standard InChI is InChI=1S/C15H26N2O3/c1-15(2)8-4-7-12(15)17-14(20)16-9-10-5-3-6-11(10)13(18)19/h10-12H,3-9H2,1-2H3,(H,18,19)(H2,16,17,20). The zero-order chi connectivity index (χ0) is 14.8. The molecule has 2 amide bonds. The maximum atomic E-state index is 12.0. The number of hydrogen-bond donors (Lipinski definition) is 3. The molecule has 20 heavy (non-hydrogen) atoms. The molecule has 2 fully saturated rings. The first-order valence-corrected chi connectivity index (χ1v) is 7.67. The smallest absolute Gasteiger partial charge is 0.315 e. The van der Waals surface area contributed by atoms with Crippen molar-refractivity contribution in [2.45, 2.75) is 58.4 Å². The van der Waals surface area contributed by atoms with Gasteiger partial charge in [-0.05, 0) is 37.0 Å². The molecular formula is C15H26N2O3. The molecule has 2 aliphatic rings. The molecule has 5 nitrogen and oxygen atoms in total. The Labute approximate surface area is 120 Å². The van der Waals surface area contributed by atoms with Crippen LogP contribution in [0.4, 0.5) is 4.79 Å². The van der Waals surface area contributed by atoms with Crippen LogP contribution >= 0.6 is 0 Å². The summed E-state index contributed by atoms with van der Waals surface area (Å²) in [5.74, 6) is -0.945. The van der Waals surface area contributed by atoms with Gasteiger partial charge in [0.25, 0.3) is 0 Å². The molecule has 3 N–H and O–H groups in total. The number of nitrogens with one attached hydrogen (secondary N) is 2. The van der Waals surface area contributed by atoms with Crippen LogP contribution in [0.3, 0.4) is 0 Å². The summed E-state index contributed by atoms with van der Waals surface area (Å²) in [6, 6.07) is 0.0716. The Morgan fingerprint density at radius 1 is 1.20 bits per heavy atom. The molecule has 5 heteroatoms. The van der Waals surface area contributed by atoms with Gasteiger partial charge in [0.1, 0.15) is 0 Å². The quantitative estimate of drug-likeness (QED) is 0.740. The van der Waals surface area contributed by atoms with Gasteiger partial charge in [-0.2, -0.15) is 0 Å². The molecule has 3 unspecified atom stereocenters. The molecule has 0 bridgehead atoms. The fourth-order valence-electron chi connectivity index (χ4n) is 3.63. The van der Waals surface area contributed by atoms with E-state index in [4.69, 9.17) is 5.11 Å². The van der Waals surface area contributed by atoms with Crippen LogP contribution in [0.2, 0.25) is 0 Å². The van der Waals surface area contributed by atoms with Crippen LogP contribution in [0.1, 0.15) is 52.4 Å². The van der Waals surface area contributed by atoms with Crippen molar-refractivity contribution in [1.82, 2.24) is 10.6 Å². The number of carbonyl (C=O) groups excluding carboxylic acids is 1. The molecule has 0 heterocycles. The highest BCUT2D eigenvalue weighted by Crippen LogP contribution is 2.37. The number of hydrogen-bond acceptors (Lipinski definition) is 2. The molecule has 2 rings (SSSR count). The van der Waals surface area contributed by atoms with Crippen molar-refractivity contribution in [3.05, 3.63) is 0 Å². The lowest BCUT2D eigenvalue weighted by Crippen LogP contribution is -2.47. The van der Waals surface area contributed by atoms with Gasteiger partial charge in [-0.15, -0.1) is 0 Å². The molecular weight excluding hydrogens is 256 g/mol. The van der Waals surface area contributed by atoms with Crippen LogP contribution < -0.4 is 10.6 Å². The molecule has 0 aromatic rings.